The Morgan fingerprint density at radius 1 is 1.24 bits per heavy atom. The monoisotopic (exact) mass is 338 g/mol. The van der Waals surface area contributed by atoms with Gasteiger partial charge in [0.15, 0.2) is 0 Å². The lowest BCUT2D eigenvalue weighted by Gasteiger charge is -2.31. The molecule has 3 rings (SSSR count). The highest BCUT2D eigenvalue weighted by atomic mass is 16.5. The van der Waals surface area contributed by atoms with Gasteiger partial charge in [-0.2, -0.15) is 0 Å². The zero-order chi connectivity index (χ0) is 17.6. The van der Waals surface area contributed by atoms with E-state index in [1.54, 1.807) is 14.2 Å². The number of amides is 1. The Kier molecular flexibility index (Phi) is 5.71. The number of para-hydroxylation sites is 1. The number of nitrogens with zero attached hydrogens (tertiary/aromatic N) is 1. The zero-order valence-corrected chi connectivity index (χ0v) is 15.0. The van der Waals surface area contributed by atoms with Crippen LogP contribution in [0.4, 0.5) is 0 Å². The van der Waals surface area contributed by atoms with Crippen molar-refractivity contribution in [2.24, 2.45) is 5.92 Å². The van der Waals surface area contributed by atoms with Gasteiger partial charge >= 0.3 is 0 Å². The van der Waals surface area contributed by atoms with E-state index in [1.165, 1.54) is 5.56 Å². The van der Waals surface area contributed by atoms with Crippen molar-refractivity contribution < 1.29 is 9.53 Å². The molecular weight excluding hydrogens is 312 g/mol. The van der Waals surface area contributed by atoms with E-state index < -0.39 is 0 Å². The maximum Gasteiger partial charge on any atom is 0.224 e. The van der Waals surface area contributed by atoms with Crippen LogP contribution in [0.5, 0.6) is 5.75 Å². The number of methoxy groups -OCH3 is 1. The van der Waals surface area contributed by atoms with E-state index in [-0.39, 0.29) is 11.8 Å². The Bertz CT molecular complexity index is 729. The Balaban J connectivity index is 1.75. The van der Waals surface area contributed by atoms with Gasteiger partial charge in [-0.3, -0.25) is 9.69 Å². The molecule has 1 N–H and O–H groups in total. The summed E-state index contributed by atoms with van der Waals surface area (Å²) in [5, 5.41) is 2.78. The topological polar surface area (TPSA) is 41.6 Å². The summed E-state index contributed by atoms with van der Waals surface area (Å²) in [7, 11) is 3.42. The molecule has 4 heteroatoms. The molecule has 1 heterocycles. The number of benzene rings is 2. The molecule has 1 aliphatic rings. The van der Waals surface area contributed by atoms with Crippen LogP contribution in [0.3, 0.4) is 0 Å². The Morgan fingerprint density at radius 3 is 2.88 bits per heavy atom. The number of likely N-dealkylation sites (tertiary alicyclic amines) is 1. The molecule has 0 radical (unpaired) electrons. The fourth-order valence-corrected chi connectivity index (χ4v) is 3.60. The minimum atomic E-state index is 0.108. The van der Waals surface area contributed by atoms with Crippen LogP contribution in [-0.4, -0.2) is 38.1 Å². The summed E-state index contributed by atoms with van der Waals surface area (Å²) in [6.45, 7) is 2.75. The number of ether oxygens (including phenoxy) is 1. The standard InChI is InChI=1S/C21H26N2O2/c1-22-21(24)18-9-6-12-23(15-18)14-16-7-5-8-17(13-16)19-10-3-4-11-20(19)25-2/h3-5,7-8,10-11,13,18H,6,9,12,14-15H2,1-2H3,(H,22,24). The quantitative estimate of drug-likeness (QED) is 0.909. The molecule has 132 valence electrons. The predicted molar refractivity (Wildman–Crippen MR) is 100 cm³/mol. The summed E-state index contributed by atoms with van der Waals surface area (Å²) in [4.78, 5) is 14.3. The molecule has 1 fully saturated rings. The first-order chi connectivity index (χ1) is 12.2. The summed E-state index contributed by atoms with van der Waals surface area (Å²) >= 11 is 0. The van der Waals surface area contributed by atoms with Gasteiger partial charge in [0.25, 0.3) is 0 Å². The number of carbonyl (C=O) groups excluding carboxylic acids is 1. The van der Waals surface area contributed by atoms with Crippen LogP contribution in [-0.2, 0) is 11.3 Å². The first-order valence-electron chi connectivity index (χ1n) is 8.87. The molecular formula is C21H26N2O2. The van der Waals surface area contributed by atoms with Crippen molar-refractivity contribution >= 4 is 5.91 Å². The van der Waals surface area contributed by atoms with Crippen LogP contribution in [0.1, 0.15) is 18.4 Å². The molecule has 2 aromatic carbocycles. The third-order valence-electron chi connectivity index (χ3n) is 4.87. The van der Waals surface area contributed by atoms with Crippen LogP contribution >= 0.6 is 0 Å². The smallest absolute Gasteiger partial charge is 0.224 e. The van der Waals surface area contributed by atoms with Crippen molar-refractivity contribution in [2.75, 3.05) is 27.2 Å². The van der Waals surface area contributed by atoms with Gasteiger partial charge in [0.05, 0.1) is 13.0 Å². The zero-order valence-electron chi connectivity index (χ0n) is 15.0. The van der Waals surface area contributed by atoms with Gasteiger partial charge in [-0.15, -0.1) is 0 Å². The van der Waals surface area contributed by atoms with Crippen molar-refractivity contribution in [2.45, 2.75) is 19.4 Å². The molecule has 1 atom stereocenters. The van der Waals surface area contributed by atoms with Crippen molar-refractivity contribution in [1.82, 2.24) is 10.2 Å². The summed E-state index contributed by atoms with van der Waals surface area (Å²) in [6, 6.07) is 16.7. The van der Waals surface area contributed by atoms with Gasteiger partial charge in [-0.1, -0.05) is 36.4 Å². The second-order valence-corrected chi connectivity index (χ2v) is 6.59. The summed E-state index contributed by atoms with van der Waals surface area (Å²) in [6.07, 6.45) is 2.06. The van der Waals surface area contributed by atoms with Crippen molar-refractivity contribution in [3.8, 4) is 16.9 Å². The fraction of sp³-hybridized carbons (Fsp3) is 0.381. The highest BCUT2D eigenvalue weighted by Gasteiger charge is 2.24. The highest BCUT2D eigenvalue weighted by molar-refractivity contribution is 5.78. The number of hydrogen-bond donors (Lipinski definition) is 1. The average Bonchev–Trinajstić information content (AvgIpc) is 2.67. The van der Waals surface area contributed by atoms with Crippen molar-refractivity contribution in [1.29, 1.82) is 0 Å². The van der Waals surface area contributed by atoms with E-state index in [4.69, 9.17) is 4.74 Å². The van der Waals surface area contributed by atoms with Gasteiger partial charge in [-0.05, 0) is 42.6 Å². The molecule has 0 aliphatic carbocycles. The minimum absolute atomic E-state index is 0.108. The first-order valence-corrected chi connectivity index (χ1v) is 8.87. The molecule has 1 aliphatic heterocycles. The van der Waals surface area contributed by atoms with Crippen LogP contribution in [0, 0.1) is 5.92 Å². The molecule has 0 bridgehead atoms. The molecule has 1 unspecified atom stereocenters. The molecule has 4 nitrogen and oxygen atoms in total. The molecule has 0 aromatic heterocycles. The number of carbonyl (C=O) groups is 1. The molecule has 0 saturated carbocycles. The summed E-state index contributed by atoms with van der Waals surface area (Å²) < 4.78 is 5.49. The van der Waals surface area contributed by atoms with Crippen LogP contribution in [0.15, 0.2) is 48.5 Å². The lowest BCUT2D eigenvalue weighted by molar-refractivity contribution is -0.126. The second-order valence-electron chi connectivity index (χ2n) is 6.59. The summed E-state index contributed by atoms with van der Waals surface area (Å²) in [5.41, 5.74) is 3.53. The Hall–Kier alpha value is -2.33. The third kappa shape index (κ3) is 4.20. The van der Waals surface area contributed by atoms with Gasteiger partial charge in [0.1, 0.15) is 5.75 Å². The van der Waals surface area contributed by atoms with E-state index in [0.717, 1.165) is 49.4 Å². The Labute approximate surface area is 149 Å². The Morgan fingerprint density at radius 2 is 2.08 bits per heavy atom. The normalized spacial score (nSPS) is 17.9. The predicted octanol–water partition coefficient (Wildman–Crippen LogP) is 3.32. The van der Waals surface area contributed by atoms with Crippen LogP contribution in [0.25, 0.3) is 11.1 Å². The maximum absolute atomic E-state index is 11.9. The van der Waals surface area contributed by atoms with Gasteiger partial charge in [0, 0.05) is 25.7 Å². The largest absolute Gasteiger partial charge is 0.496 e. The number of nitrogens with one attached hydrogen (secondary N) is 1. The van der Waals surface area contributed by atoms with E-state index in [0.29, 0.717) is 0 Å². The number of hydrogen-bond acceptors (Lipinski definition) is 3. The lowest BCUT2D eigenvalue weighted by atomic mass is 9.96. The molecule has 1 saturated heterocycles. The number of rotatable bonds is 5. The lowest BCUT2D eigenvalue weighted by Crippen LogP contribution is -2.41. The van der Waals surface area contributed by atoms with E-state index >= 15 is 0 Å². The number of piperidine rings is 1. The van der Waals surface area contributed by atoms with E-state index in [9.17, 15) is 4.79 Å². The van der Waals surface area contributed by atoms with Gasteiger partial charge in [-0.25, -0.2) is 0 Å². The average molecular weight is 338 g/mol. The van der Waals surface area contributed by atoms with E-state index in [1.807, 2.05) is 18.2 Å². The van der Waals surface area contributed by atoms with E-state index in [2.05, 4.69) is 40.5 Å². The SMILES string of the molecule is CNC(=O)C1CCCN(Cc2cccc(-c3ccccc3OC)c2)C1. The maximum atomic E-state index is 11.9. The molecule has 2 aromatic rings. The molecule has 1 amide bonds. The second kappa shape index (κ2) is 8.17. The fourth-order valence-electron chi connectivity index (χ4n) is 3.60. The minimum Gasteiger partial charge on any atom is -0.496 e. The summed E-state index contributed by atoms with van der Waals surface area (Å²) in [5.74, 6) is 1.15. The van der Waals surface area contributed by atoms with Gasteiger partial charge < -0.3 is 10.1 Å². The van der Waals surface area contributed by atoms with Crippen molar-refractivity contribution in [3.05, 3.63) is 54.1 Å². The highest BCUT2D eigenvalue weighted by Crippen LogP contribution is 2.30. The first kappa shape index (κ1) is 17.5. The third-order valence-corrected chi connectivity index (χ3v) is 4.87. The molecule has 0 spiro atoms. The molecule has 25 heavy (non-hydrogen) atoms. The van der Waals surface area contributed by atoms with Gasteiger partial charge in [0.2, 0.25) is 5.91 Å². The van der Waals surface area contributed by atoms with Crippen molar-refractivity contribution in [3.63, 3.8) is 0 Å². The van der Waals surface area contributed by atoms with Crippen LogP contribution in [0.2, 0.25) is 0 Å². The van der Waals surface area contributed by atoms with Crippen LogP contribution < -0.4 is 10.1 Å².